The maximum atomic E-state index is 13.0. The Bertz CT molecular complexity index is 411. The van der Waals surface area contributed by atoms with Crippen molar-refractivity contribution in [1.82, 2.24) is 10.2 Å². The molecule has 0 bridgehead atoms. The first-order valence-corrected chi connectivity index (χ1v) is 7.26. The maximum Gasteiger partial charge on any atom is 0.124 e. The lowest BCUT2D eigenvalue weighted by Crippen LogP contribution is -2.36. The molecule has 0 amide bonds. The molecule has 0 aliphatic carbocycles. The van der Waals surface area contributed by atoms with E-state index >= 15 is 0 Å². The van der Waals surface area contributed by atoms with E-state index in [1.54, 1.807) is 0 Å². The third-order valence-electron chi connectivity index (χ3n) is 3.76. The quantitative estimate of drug-likeness (QED) is 0.917. The Labute approximate surface area is 117 Å². The molecular weight excluding hydrogens is 295 g/mol. The highest BCUT2D eigenvalue weighted by Gasteiger charge is 2.21. The first kappa shape index (κ1) is 14.0. The topological polar surface area (TPSA) is 15.3 Å². The van der Waals surface area contributed by atoms with Crippen molar-refractivity contribution in [3.05, 3.63) is 34.1 Å². The average molecular weight is 315 g/mol. The van der Waals surface area contributed by atoms with Crippen LogP contribution < -0.4 is 5.32 Å². The third kappa shape index (κ3) is 3.31. The third-order valence-corrected chi connectivity index (χ3v) is 4.45. The van der Waals surface area contributed by atoms with E-state index in [0.717, 1.165) is 16.6 Å². The van der Waals surface area contributed by atoms with Crippen LogP contribution in [0.2, 0.25) is 0 Å². The van der Waals surface area contributed by atoms with Crippen LogP contribution in [0.1, 0.15) is 31.4 Å². The van der Waals surface area contributed by atoms with E-state index in [9.17, 15) is 4.39 Å². The zero-order valence-corrected chi connectivity index (χ0v) is 12.5. The molecule has 1 aromatic rings. The van der Waals surface area contributed by atoms with Crippen molar-refractivity contribution in [2.75, 3.05) is 20.1 Å². The molecule has 0 spiro atoms. The standard InChI is InChI=1S/C14H20BrFN2/c1-10(13-6-5-11(16)8-14(13)15)17-9-12-4-3-7-18(12)2/h5-6,8,10,12,17H,3-4,7,9H2,1-2H3. The molecule has 2 nitrogen and oxygen atoms in total. The molecule has 1 heterocycles. The van der Waals surface area contributed by atoms with E-state index in [1.807, 2.05) is 6.07 Å². The number of benzene rings is 1. The van der Waals surface area contributed by atoms with Gasteiger partial charge in [0.05, 0.1) is 0 Å². The molecule has 0 aromatic heterocycles. The summed E-state index contributed by atoms with van der Waals surface area (Å²) in [7, 11) is 2.18. The van der Waals surface area contributed by atoms with E-state index < -0.39 is 0 Å². The van der Waals surface area contributed by atoms with Crippen LogP contribution in [-0.4, -0.2) is 31.1 Å². The van der Waals surface area contributed by atoms with Crippen molar-refractivity contribution in [3.63, 3.8) is 0 Å². The lowest BCUT2D eigenvalue weighted by Gasteiger charge is -2.23. The van der Waals surface area contributed by atoms with Crippen molar-refractivity contribution < 1.29 is 4.39 Å². The summed E-state index contributed by atoms with van der Waals surface area (Å²) in [4.78, 5) is 2.40. The second-order valence-electron chi connectivity index (χ2n) is 5.07. The van der Waals surface area contributed by atoms with E-state index in [2.05, 4.69) is 40.1 Å². The minimum Gasteiger partial charge on any atom is -0.309 e. The van der Waals surface area contributed by atoms with Crippen LogP contribution >= 0.6 is 15.9 Å². The van der Waals surface area contributed by atoms with E-state index in [-0.39, 0.29) is 11.9 Å². The zero-order valence-electron chi connectivity index (χ0n) is 10.9. The molecular formula is C14H20BrFN2. The van der Waals surface area contributed by atoms with Gasteiger partial charge in [0.15, 0.2) is 0 Å². The summed E-state index contributed by atoms with van der Waals surface area (Å²) in [6.45, 7) is 4.30. The van der Waals surface area contributed by atoms with Crippen molar-refractivity contribution in [2.24, 2.45) is 0 Å². The highest BCUT2D eigenvalue weighted by atomic mass is 79.9. The Morgan fingerprint density at radius 3 is 2.94 bits per heavy atom. The summed E-state index contributed by atoms with van der Waals surface area (Å²) < 4.78 is 13.9. The first-order chi connectivity index (χ1) is 8.58. The molecule has 0 radical (unpaired) electrons. The number of nitrogens with zero attached hydrogens (tertiary/aromatic N) is 1. The van der Waals surface area contributed by atoms with Crippen molar-refractivity contribution in [2.45, 2.75) is 31.8 Å². The Balaban J connectivity index is 1.93. The van der Waals surface area contributed by atoms with Gasteiger partial charge in [0.25, 0.3) is 0 Å². The molecule has 2 unspecified atom stereocenters. The predicted octanol–water partition coefficient (Wildman–Crippen LogP) is 3.33. The minimum atomic E-state index is -0.201. The molecule has 4 heteroatoms. The fraction of sp³-hybridized carbons (Fsp3) is 0.571. The van der Waals surface area contributed by atoms with Gasteiger partial charge in [-0.25, -0.2) is 4.39 Å². The summed E-state index contributed by atoms with van der Waals surface area (Å²) in [5.41, 5.74) is 1.11. The van der Waals surface area contributed by atoms with Gasteiger partial charge in [-0.15, -0.1) is 0 Å². The molecule has 1 saturated heterocycles. The van der Waals surface area contributed by atoms with E-state index in [4.69, 9.17) is 0 Å². The second kappa shape index (κ2) is 6.13. The summed E-state index contributed by atoms with van der Waals surface area (Å²) in [5.74, 6) is -0.201. The Kier molecular flexibility index (Phi) is 4.76. The largest absolute Gasteiger partial charge is 0.309 e. The van der Waals surface area contributed by atoms with Gasteiger partial charge >= 0.3 is 0 Å². The highest BCUT2D eigenvalue weighted by Crippen LogP contribution is 2.24. The molecule has 100 valence electrons. The van der Waals surface area contributed by atoms with Crippen LogP contribution in [0, 0.1) is 5.82 Å². The fourth-order valence-corrected chi connectivity index (χ4v) is 3.21. The van der Waals surface area contributed by atoms with Crippen molar-refractivity contribution in [3.8, 4) is 0 Å². The fourth-order valence-electron chi connectivity index (χ4n) is 2.51. The first-order valence-electron chi connectivity index (χ1n) is 6.46. The summed E-state index contributed by atoms with van der Waals surface area (Å²) in [6, 6.07) is 5.74. The Morgan fingerprint density at radius 1 is 1.56 bits per heavy atom. The number of halogens is 2. The second-order valence-corrected chi connectivity index (χ2v) is 5.93. The van der Waals surface area contributed by atoms with Crippen LogP contribution in [0.3, 0.4) is 0 Å². The van der Waals surface area contributed by atoms with Gasteiger partial charge in [-0.05, 0) is 51.1 Å². The van der Waals surface area contributed by atoms with Gasteiger partial charge in [0.2, 0.25) is 0 Å². The molecule has 1 aliphatic rings. The monoisotopic (exact) mass is 314 g/mol. The predicted molar refractivity (Wildman–Crippen MR) is 76.2 cm³/mol. The average Bonchev–Trinajstić information content (AvgIpc) is 2.72. The molecule has 2 atom stereocenters. The molecule has 1 N–H and O–H groups in total. The molecule has 2 rings (SSSR count). The number of likely N-dealkylation sites (N-methyl/N-ethyl adjacent to an activating group) is 1. The van der Waals surface area contributed by atoms with Crippen LogP contribution in [0.25, 0.3) is 0 Å². The van der Waals surface area contributed by atoms with Gasteiger partial charge in [-0.1, -0.05) is 22.0 Å². The minimum absolute atomic E-state index is 0.201. The van der Waals surface area contributed by atoms with E-state index in [0.29, 0.717) is 6.04 Å². The lowest BCUT2D eigenvalue weighted by molar-refractivity contribution is 0.293. The lowest BCUT2D eigenvalue weighted by atomic mass is 10.1. The zero-order chi connectivity index (χ0) is 13.1. The number of nitrogens with one attached hydrogen (secondary N) is 1. The number of likely N-dealkylation sites (tertiary alicyclic amines) is 1. The van der Waals surface area contributed by atoms with Crippen molar-refractivity contribution >= 4 is 15.9 Å². The number of rotatable bonds is 4. The summed E-state index contributed by atoms with van der Waals surface area (Å²) in [5, 5.41) is 3.54. The van der Waals surface area contributed by atoms with Gasteiger partial charge in [-0.3, -0.25) is 0 Å². The molecule has 1 fully saturated rings. The van der Waals surface area contributed by atoms with Crippen LogP contribution in [-0.2, 0) is 0 Å². The van der Waals surface area contributed by atoms with E-state index in [1.165, 1.54) is 31.5 Å². The Morgan fingerprint density at radius 2 is 2.33 bits per heavy atom. The normalized spacial score (nSPS) is 22.3. The van der Waals surface area contributed by atoms with Gasteiger partial charge in [-0.2, -0.15) is 0 Å². The maximum absolute atomic E-state index is 13.0. The van der Waals surface area contributed by atoms with Crippen LogP contribution in [0.4, 0.5) is 4.39 Å². The molecule has 18 heavy (non-hydrogen) atoms. The molecule has 1 aromatic carbocycles. The van der Waals surface area contributed by atoms with Crippen LogP contribution in [0.5, 0.6) is 0 Å². The smallest absolute Gasteiger partial charge is 0.124 e. The number of hydrogen-bond donors (Lipinski definition) is 1. The van der Waals surface area contributed by atoms with Gasteiger partial charge in [0.1, 0.15) is 5.82 Å². The number of hydrogen-bond acceptors (Lipinski definition) is 2. The summed E-state index contributed by atoms with van der Waals surface area (Å²) in [6.07, 6.45) is 2.55. The summed E-state index contributed by atoms with van der Waals surface area (Å²) >= 11 is 3.42. The van der Waals surface area contributed by atoms with Crippen LogP contribution in [0.15, 0.2) is 22.7 Å². The SMILES string of the molecule is CC(NCC1CCCN1C)c1ccc(F)cc1Br. The Hall–Kier alpha value is -0.450. The molecule has 1 aliphatic heterocycles. The van der Waals surface area contributed by atoms with Gasteiger partial charge < -0.3 is 10.2 Å². The molecule has 0 saturated carbocycles. The highest BCUT2D eigenvalue weighted by molar-refractivity contribution is 9.10. The van der Waals surface area contributed by atoms with Gasteiger partial charge in [0, 0.05) is 23.1 Å². The van der Waals surface area contributed by atoms with Crippen molar-refractivity contribution in [1.29, 1.82) is 0 Å².